The molecule has 1 N–H and O–H groups in total. The van der Waals surface area contributed by atoms with Crippen molar-refractivity contribution in [1.82, 2.24) is 15.1 Å². The van der Waals surface area contributed by atoms with Crippen LogP contribution in [0.5, 0.6) is 0 Å². The number of benzene rings is 2. The van der Waals surface area contributed by atoms with Crippen LogP contribution in [0.15, 0.2) is 48.5 Å². The summed E-state index contributed by atoms with van der Waals surface area (Å²) in [5.41, 5.74) is 2.21. The van der Waals surface area contributed by atoms with Crippen LogP contribution in [0.25, 0.3) is 0 Å². The fourth-order valence-corrected chi connectivity index (χ4v) is 6.18. The zero-order valence-electron chi connectivity index (χ0n) is 22.1. The van der Waals surface area contributed by atoms with Gasteiger partial charge in [0, 0.05) is 25.7 Å². The zero-order chi connectivity index (χ0) is 26.5. The summed E-state index contributed by atoms with van der Waals surface area (Å²) in [7, 11) is 0. The molecule has 5 nitrogen and oxygen atoms in total. The molecule has 1 unspecified atom stereocenters. The molecule has 4 rings (SSSR count). The topological polar surface area (TPSA) is 52.7 Å². The summed E-state index contributed by atoms with van der Waals surface area (Å²) in [5.74, 6) is 0.764. The van der Waals surface area contributed by atoms with Gasteiger partial charge in [-0.3, -0.25) is 14.5 Å². The predicted molar refractivity (Wildman–Crippen MR) is 151 cm³/mol. The Labute approximate surface area is 231 Å². The highest BCUT2D eigenvalue weighted by Gasteiger charge is 2.45. The molecule has 200 valence electrons. The van der Waals surface area contributed by atoms with E-state index >= 15 is 0 Å². The van der Waals surface area contributed by atoms with E-state index in [1.165, 1.54) is 5.56 Å². The van der Waals surface area contributed by atoms with Crippen molar-refractivity contribution in [2.45, 2.75) is 77.5 Å². The smallest absolute Gasteiger partial charge is 0.243 e. The first kappa shape index (κ1) is 27.9. The molecule has 0 spiro atoms. The van der Waals surface area contributed by atoms with Crippen molar-refractivity contribution in [3.63, 3.8) is 0 Å². The Bertz CT molecular complexity index is 1080. The average molecular weight is 545 g/mol. The van der Waals surface area contributed by atoms with Gasteiger partial charge in [-0.1, -0.05) is 80.4 Å². The third-order valence-electron chi connectivity index (χ3n) is 7.72. The van der Waals surface area contributed by atoms with Gasteiger partial charge in [-0.25, -0.2) is 0 Å². The molecule has 2 aliphatic heterocycles. The first-order valence-electron chi connectivity index (χ1n) is 13.5. The largest absolute Gasteiger partial charge is 0.350 e. The number of amides is 2. The van der Waals surface area contributed by atoms with Crippen LogP contribution in [-0.2, 0) is 22.6 Å². The van der Waals surface area contributed by atoms with Crippen LogP contribution in [0.4, 0.5) is 0 Å². The molecule has 2 heterocycles. The summed E-state index contributed by atoms with van der Waals surface area (Å²) in [6.07, 6.45) is 4.40. The number of carbonyl (C=O) groups is 2. The van der Waals surface area contributed by atoms with Crippen LogP contribution in [0, 0.1) is 11.8 Å². The Morgan fingerprint density at radius 2 is 1.84 bits per heavy atom. The maximum atomic E-state index is 13.9. The van der Waals surface area contributed by atoms with Crippen molar-refractivity contribution < 1.29 is 9.59 Å². The van der Waals surface area contributed by atoms with Gasteiger partial charge in [-0.15, -0.1) is 0 Å². The lowest BCUT2D eigenvalue weighted by Crippen LogP contribution is -2.53. The third-order valence-corrected chi connectivity index (χ3v) is 8.46. The molecule has 4 atom stereocenters. The standard InChI is InChI=1S/C30H39Cl2N3O2/c1-20(2)15-27(29(36)33-18-23-10-12-25(31)26(32)17-23)34-14-13-24(11-9-22-7-5-4-6-8-22)35-19-21(3)16-28(35)30(34)37/h4-8,10,12,17,20-21,24,27-28H,9,11,13-16,18-19H2,1-3H3,(H,33,36)/t21-,24?,27-,28+/m1/s1. The van der Waals surface area contributed by atoms with E-state index in [-0.39, 0.29) is 23.8 Å². The van der Waals surface area contributed by atoms with E-state index in [0.29, 0.717) is 41.5 Å². The Morgan fingerprint density at radius 1 is 1.08 bits per heavy atom. The molecule has 2 saturated heterocycles. The van der Waals surface area contributed by atoms with Crippen LogP contribution in [0.3, 0.4) is 0 Å². The number of hydrogen-bond donors (Lipinski definition) is 1. The Kier molecular flexibility index (Phi) is 9.55. The van der Waals surface area contributed by atoms with Gasteiger partial charge in [-0.05, 0) is 67.2 Å². The van der Waals surface area contributed by atoms with Gasteiger partial charge < -0.3 is 10.2 Å². The summed E-state index contributed by atoms with van der Waals surface area (Å²) in [6, 6.07) is 15.6. The van der Waals surface area contributed by atoms with E-state index < -0.39 is 6.04 Å². The first-order chi connectivity index (χ1) is 17.7. The number of nitrogens with one attached hydrogen (secondary N) is 1. The highest BCUT2D eigenvalue weighted by atomic mass is 35.5. The van der Waals surface area contributed by atoms with Gasteiger partial charge >= 0.3 is 0 Å². The molecule has 0 aromatic heterocycles. The summed E-state index contributed by atoms with van der Waals surface area (Å²) >= 11 is 12.2. The maximum absolute atomic E-state index is 13.9. The Morgan fingerprint density at radius 3 is 2.54 bits per heavy atom. The molecule has 2 fully saturated rings. The van der Waals surface area contributed by atoms with E-state index in [1.807, 2.05) is 17.0 Å². The quantitative estimate of drug-likeness (QED) is 0.424. The second-order valence-corrected chi connectivity index (χ2v) is 12.0. The Hall–Kier alpha value is -2.08. The number of fused-ring (bicyclic) bond motifs is 1. The molecular weight excluding hydrogens is 505 g/mol. The molecule has 2 amide bonds. The number of halogens is 2. The van der Waals surface area contributed by atoms with Crippen LogP contribution < -0.4 is 5.32 Å². The molecule has 2 aromatic carbocycles. The van der Waals surface area contributed by atoms with Crippen molar-refractivity contribution in [2.75, 3.05) is 13.1 Å². The van der Waals surface area contributed by atoms with Crippen LogP contribution in [0.2, 0.25) is 10.0 Å². The van der Waals surface area contributed by atoms with Gasteiger partial charge in [0.15, 0.2) is 0 Å². The lowest BCUT2D eigenvalue weighted by atomic mass is 9.99. The van der Waals surface area contributed by atoms with Crippen LogP contribution in [-0.4, -0.2) is 52.8 Å². The lowest BCUT2D eigenvalue weighted by Gasteiger charge is -2.33. The molecule has 37 heavy (non-hydrogen) atoms. The van der Waals surface area contributed by atoms with Crippen molar-refractivity contribution >= 4 is 35.0 Å². The highest BCUT2D eigenvalue weighted by molar-refractivity contribution is 6.42. The van der Waals surface area contributed by atoms with Gasteiger partial charge in [0.2, 0.25) is 11.8 Å². The van der Waals surface area contributed by atoms with E-state index in [2.05, 4.69) is 55.3 Å². The van der Waals surface area contributed by atoms with E-state index in [4.69, 9.17) is 23.2 Å². The third kappa shape index (κ3) is 7.07. The molecule has 0 saturated carbocycles. The second kappa shape index (κ2) is 12.6. The first-order valence-corrected chi connectivity index (χ1v) is 14.3. The van der Waals surface area contributed by atoms with Crippen molar-refractivity contribution in [2.24, 2.45) is 11.8 Å². The SMILES string of the molecule is CC(C)C[C@H](C(=O)NCc1ccc(Cl)c(Cl)c1)N1CCC(CCc2ccccc2)N2C[C@H](C)C[C@H]2C1=O. The van der Waals surface area contributed by atoms with Crippen LogP contribution >= 0.6 is 23.2 Å². The fraction of sp³-hybridized carbons (Fsp3) is 0.533. The summed E-state index contributed by atoms with van der Waals surface area (Å²) in [6.45, 7) is 8.34. The molecule has 2 aliphatic rings. The number of carbonyl (C=O) groups excluding carboxylic acids is 2. The lowest BCUT2D eigenvalue weighted by molar-refractivity contribution is -0.143. The molecule has 0 radical (unpaired) electrons. The maximum Gasteiger partial charge on any atom is 0.243 e. The van der Waals surface area contributed by atoms with E-state index in [1.54, 1.807) is 12.1 Å². The molecule has 0 bridgehead atoms. The van der Waals surface area contributed by atoms with E-state index in [0.717, 1.165) is 37.8 Å². The van der Waals surface area contributed by atoms with E-state index in [9.17, 15) is 9.59 Å². The summed E-state index contributed by atoms with van der Waals surface area (Å²) < 4.78 is 0. The average Bonchev–Trinajstić information content (AvgIpc) is 3.22. The monoisotopic (exact) mass is 543 g/mol. The predicted octanol–water partition coefficient (Wildman–Crippen LogP) is 5.97. The van der Waals surface area contributed by atoms with Gasteiger partial charge in [0.1, 0.15) is 6.04 Å². The number of hydrogen-bond acceptors (Lipinski definition) is 3. The van der Waals surface area contributed by atoms with Gasteiger partial charge in [0.25, 0.3) is 0 Å². The molecule has 0 aliphatic carbocycles. The van der Waals surface area contributed by atoms with Crippen molar-refractivity contribution in [3.8, 4) is 0 Å². The van der Waals surface area contributed by atoms with Crippen molar-refractivity contribution in [3.05, 3.63) is 69.7 Å². The zero-order valence-corrected chi connectivity index (χ0v) is 23.6. The summed E-state index contributed by atoms with van der Waals surface area (Å²) in [5, 5.41) is 4.02. The fourth-order valence-electron chi connectivity index (χ4n) is 5.86. The van der Waals surface area contributed by atoms with Crippen LogP contribution in [0.1, 0.15) is 57.6 Å². The number of aryl methyl sites for hydroxylation is 1. The molecule has 2 aromatic rings. The minimum atomic E-state index is -0.485. The second-order valence-electron chi connectivity index (χ2n) is 11.2. The number of nitrogens with zero attached hydrogens (tertiary/aromatic N) is 2. The summed E-state index contributed by atoms with van der Waals surface area (Å²) in [4.78, 5) is 31.8. The minimum Gasteiger partial charge on any atom is -0.350 e. The number of rotatable bonds is 9. The van der Waals surface area contributed by atoms with Gasteiger partial charge in [0.05, 0.1) is 16.1 Å². The Balaban J connectivity index is 1.50. The highest BCUT2D eigenvalue weighted by Crippen LogP contribution is 2.33. The molecule has 7 heteroatoms. The minimum absolute atomic E-state index is 0.103. The van der Waals surface area contributed by atoms with Crippen molar-refractivity contribution in [1.29, 1.82) is 0 Å². The van der Waals surface area contributed by atoms with Gasteiger partial charge in [-0.2, -0.15) is 0 Å². The molecular formula is C30H39Cl2N3O2. The normalized spacial score (nSPS) is 23.1.